The number of methoxy groups -OCH3 is 1. The second-order valence-corrected chi connectivity index (χ2v) is 9.48. The number of amides is 1. The Labute approximate surface area is 198 Å². The number of benzene rings is 1. The molecular formula is C20H23N7O4S2. The summed E-state index contributed by atoms with van der Waals surface area (Å²) in [6.45, 7) is 6.61. The van der Waals surface area contributed by atoms with Crippen LogP contribution in [-0.4, -0.2) is 44.1 Å². The van der Waals surface area contributed by atoms with Gasteiger partial charge in [-0.3, -0.25) is 19.6 Å². The van der Waals surface area contributed by atoms with Crippen molar-refractivity contribution in [1.29, 1.82) is 0 Å². The zero-order valence-corrected chi connectivity index (χ0v) is 20.4. The average Bonchev–Trinajstić information content (AvgIpc) is 3.33. The zero-order valence-electron chi connectivity index (χ0n) is 18.7. The van der Waals surface area contributed by atoms with Gasteiger partial charge in [-0.25, -0.2) is 5.43 Å². The number of ether oxygens (including phenoxy) is 1. The molecule has 0 spiro atoms. The summed E-state index contributed by atoms with van der Waals surface area (Å²) in [6.07, 6.45) is 1.52. The highest BCUT2D eigenvalue weighted by Gasteiger charge is 2.26. The molecule has 0 aliphatic rings. The summed E-state index contributed by atoms with van der Waals surface area (Å²) in [5, 5.41) is 28.4. The van der Waals surface area contributed by atoms with Gasteiger partial charge in [0.1, 0.15) is 28.2 Å². The van der Waals surface area contributed by atoms with E-state index < -0.39 is 16.9 Å². The number of aromatic nitrogens is 4. The highest BCUT2D eigenvalue weighted by atomic mass is 32.2. The molecule has 3 rings (SSSR count). The highest BCUT2D eigenvalue weighted by molar-refractivity contribution is 8.00. The molecular weight excluding hydrogens is 466 g/mol. The van der Waals surface area contributed by atoms with Gasteiger partial charge in [-0.1, -0.05) is 23.1 Å². The summed E-state index contributed by atoms with van der Waals surface area (Å²) in [5.41, 5.74) is 4.67. The third-order valence-corrected chi connectivity index (χ3v) is 6.79. The van der Waals surface area contributed by atoms with Gasteiger partial charge < -0.3 is 4.74 Å². The molecule has 2 aromatic heterocycles. The molecule has 174 valence electrons. The SMILES string of the molecule is COc1ccc(/C=N/NC(=O)C(C)n2nc(C)c([N+](=O)[O-])c2C)cc1CSc1nnc(C)s1. The molecule has 0 aliphatic heterocycles. The van der Waals surface area contributed by atoms with Crippen molar-refractivity contribution in [3.63, 3.8) is 0 Å². The molecule has 2 heterocycles. The van der Waals surface area contributed by atoms with Crippen LogP contribution < -0.4 is 10.2 Å². The third-order valence-electron chi connectivity index (χ3n) is 4.77. The number of nitro groups is 1. The number of carbonyl (C=O) groups excluding carboxylic acids is 1. The number of carbonyl (C=O) groups is 1. The van der Waals surface area contributed by atoms with E-state index in [-0.39, 0.29) is 11.4 Å². The predicted molar refractivity (Wildman–Crippen MR) is 126 cm³/mol. The standard InChI is InChI=1S/C20H23N7O4S2/c1-11-18(27(29)30)12(2)26(25-11)13(3)19(28)23-21-9-15-6-7-17(31-5)16(8-15)10-32-20-24-22-14(4)33-20/h6-9,13H,10H2,1-5H3,(H,23,28)/b21-9+. The first kappa shape index (κ1) is 24.3. The van der Waals surface area contributed by atoms with Crippen molar-refractivity contribution in [2.24, 2.45) is 5.10 Å². The van der Waals surface area contributed by atoms with Crippen molar-refractivity contribution in [2.45, 2.75) is 43.8 Å². The van der Waals surface area contributed by atoms with Gasteiger partial charge in [0.05, 0.1) is 18.2 Å². The van der Waals surface area contributed by atoms with Gasteiger partial charge in [0, 0.05) is 11.3 Å². The number of thioether (sulfide) groups is 1. The fourth-order valence-corrected chi connectivity index (χ4v) is 4.93. The predicted octanol–water partition coefficient (Wildman–Crippen LogP) is 3.58. The Hall–Kier alpha value is -3.32. The van der Waals surface area contributed by atoms with E-state index in [0.717, 1.165) is 26.2 Å². The fraction of sp³-hybridized carbons (Fsp3) is 0.350. The Morgan fingerprint density at radius 1 is 1.39 bits per heavy atom. The molecule has 0 bridgehead atoms. The van der Waals surface area contributed by atoms with Crippen LogP contribution in [0.25, 0.3) is 0 Å². The van der Waals surface area contributed by atoms with Crippen molar-refractivity contribution >= 4 is 40.9 Å². The molecule has 1 atom stereocenters. The largest absolute Gasteiger partial charge is 0.496 e. The van der Waals surface area contributed by atoms with Crippen molar-refractivity contribution in [3.05, 3.63) is 55.8 Å². The molecule has 11 nitrogen and oxygen atoms in total. The van der Waals surface area contributed by atoms with E-state index in [1.165, 1.54) is 29.2 Å². The second-order valence-electron chi connectivity index (χ2n) is 7.08. The van der Waals surface area contributed by atoms with Crippen LogP contribution in [-0.2, 0) is 10.5 Å². The van der Waals surface area contributed by atoms with Crippen LogP contribution in [0.15, 0.2) is 27.6 Å². The first-order valence-electron chi connectivity index (χ1n) is 9.84. The lowest BCUT2D eigenvalue weighted by atomic mass is 10.1. The van der Waals surface area contributed by atoms with E-state index >= 15 is 0 Å². The lowest BCUT2D eigenvalue weighted by molar-refractivity contribution is -0.386. The number of hydrogen-bond acceptors (Lipinski definition) is 10. The summed E-state index contributed by atoms with van der Waals surface area (Å²) >= 11 is 3.09. The Bertz CT molecular complexity index is 1210. The van der Waals surface area contributed by atoms with Gasteiger partial charge in [-0.05, 0) is 51.5 Å². The lowest BCUT2D eigenvalue weighted by Gasteiger charge is -2.11. The first-order valence-corrected chi connectivity index (χ1v) is 11.6. The normalized spacial score (nSPS) is 12.2. The van der Waals surface area contributed by atoms with E-state index in [0.29, 0.717) is 11.4 Å². The lowest BCUT2D eigenvalue weighted by Crippen LogP contribution is -2.28. The maximum atomic E-state index is 12.5. The van der Waals surface area contributed by atoms with Crippen molar-refractivity contribution in [1.82, 2.24) is 25.4 Å². The maximum absolute atomic E-state index is 12.5. The Balaban J connectivity index is 1.67. The minimum absolute atomic E-state index is 0.0922. The molecule has 0 saturated heterocycles. The van der Waals surface area contributed by atoms with Gasteiger partial charge in [-0.2, -0.15) is 10.2 Å². The van der Waals surface area contributed by atoms with Gasteiger partial charge >= 0.3 is 5.69 Å². The Kier molecular flexibility index (Phi) is 7.76. The summed E-state index contributed by atoms with van der Waals surface area (Å²) in [6, 6.07) is 4.81. The molecule has 0 saturated carbocycles. The smallest absolute Gasteiger partial charge is 0.312 e. The quantitative estimate of drug-likeness (QED) is 0.208. The fourth-order valence-electron chi connectivity index (χ4n) is 3.14. The summed E-state index contributed by atoms with van der Waals surface area (Å²) < 4.78 is 7.64. The molecule has 0 fully saturated rings. The van der Waals surface area contributed by atoms with Crippen molar-refractivity contribution in [3.8, 4) is 5.75 Å². The van der Waals surface area contributed by atoms with Crippen molar-refractivity contribution in [2.75, 3.05) is 7.11 Å². The number of nitrogens with zero attached hydrogens (tertiary/aromatic N) is 6. The molecule has 0 radical (unpaired) electrons. The molecule has 13 heteroatoms. The van der Waals surface area contributed by atoms with E-state index in [1.54, 1.807) is 32.7 Å². The van der Waals surface area contributed by atoms with Crippen LogP contribution in [0, 0.1) is 30.9 Å². The number of rotatable bonds is 9. The minimum Gasteiger partial charge on any atom is -0.496 e. The number of nitrogens with one attached hydrogen (secondary N) is 1. The number of hydrazone groups is 1. The van der Waals surface area contributed by atoms with Crippen LogP contribution in [0.5, 0.6) is 5.75 Å². The van der Waals surface area contributed by atoms with E-state index in [2.05, 4.69) is 25.8 Å². The molecule has 1 aromatic carbocycles. The third kappa shape index (κ3) is 5.73. The van der Waals surface area contributed by atoms with Crippen LogP contribution >= 0.6 is 23.1 Å². The van der Waals surface area contributed by atoms with E-state index in [1.807, 2.05) is 25.1 Å². The number of aryl methyl sites for hydroxylation is 2. The summed E-state index contributed by atoms with van der Waals surface area (Å²) in [5.74, 6) is 0.937. The molecule has 33 heavy (non-hydrogen) atoms. The van der Waals surface area contributed by atoms with Gasteiger partial charge in [0.15, 0.2) is 4.34 Å². The molecule has 1 amide bonds. The van der Waals surface area contributed by atoms with Crippen LogP contribution in [0.4, 0.5) is 5.69 Å². The van der Waals surface area contributed by atoms with Crippen molar-refractivity contribution < 1.29 is 14.5 Å². The first-order chi connectivity index (χ1) is 15.7. The zero-order chi connectivity index (χ0) is 24.1. The Morgan fingerprint density at radius 3 is 2.76 bits per heavy atom. The number of hydrogen-bond donors (Lipinski definition) is 1. The molecule has 1 N–H and O–H groups in total. The molecule has 1 unspecified atom stereocenters. The van der Waals surface area contributed by atoms with Crippen LogP contribution in [0.2, 0.25) is 0 Å². The minimum atomic E-state index is -0.771. The monoisotopic (exact) mass is 489 g/mol. The van der Waals surface area contributed by atoms with E-state index in [4.69, 9.17) is 4.74 Å². The second kappa shape index (κ2) is 10.5. The van der Waals surface area contributed by atoms with Gasteiger partial charge in [0.25, 0.3) is 5.91 Å². The van der Waals surface area contributed by atoms with Gasteiger partial charge in [0.2, 0.25) is 0 Å². The molecule has 0 aliphatic carbocycles. The summed E-state index contributed by atoms with van der Waals surface area (Å²) in [4.78, 5) is 23.2. The van der Waals surface area contributed by atoms with Crippen LogP contribution in [0.1, 0.15) is 40.5 Å². The highest BCUT2D eigenvalue weighted by Crippen LogP contribution is 2.30. The van der Waals surface area contributed by atoms with Gasteiger partial charge in [-0.15, -0.1) is 10.2 Å². The topological polar surface area (TPSA) is 137 Å². The van der Waals surface area contributed by atoms with E-state index in [9.17, 15) is 14.9 Å². The molecule has 3 aromatic rings. The Morgan fingerprint density at radius 2 is 2.15 bits per heavy atom. The summed E-state index contributed by atoms with van der Waals surface area (Å²) in [7, 11) is 1.61. The average molecular weight is 490 g/mol. The maximum Gasteiger partial charge on any atom is 0.312 e. The van der Waals surface area contributed by atoms with Crippen LogP contribution in [0.3, 0.4) is 0 Å².